The summed E-state index contributed by atoms with van der Waals surface area (Å²) in [6.45, 7) is 3.12. The molecule has 0 radical (unpaired) electrons. The van der Waals surface area contributed by atoms with Crippen LogP contribution in [0.3, 0.4) is 0 Å². The Kier molecular flexibility index (Phi) is 4.63. The van der Waals surface area contributed by atoms with Gasteiger partial charge in [-0.1, -0.05) is 36.4 Å². The van der Waals surface area contributed by atoms with Crippen molar-refractivity contribution in [1.82, 2.24) is 5.32 Å². The molecule has 1 aliphatic heterocycles. The number of ether oxygens (including phenoxy) is 1. The molecule has 4 heteroatoms. The van der Waals surface area contributed by atoms with Crippen LogP contribution in [-0.4, -0.2) is 26.1 Å². The number of methoxy groups -OCH3 is 1. The van der Waals surface area contributed by atoms with E-state index in [0.29, 0.717) is 6.54 Å². The second kappa shape index (κ2) is 6.84. The Balaban J connectivity index is 1.64. The van der Waals surface area contributed by atoms with Gasteiger partial charge in [-0.3, -0.25) is 4.79 Å². The summed E-state index contributed by atoms with van der Waals surface area (Å²) in [5, 5.41) is 3.31. The number of amides is 1. The van der Waals surface area contributed by atoms with E-state index in [9.17, 15) is 4.79 Å². The maximum Gasteiger partial charge on any atom is 0.240 e. The zero-order chi connectivity index (χ0) is 16.2. The minimum absolute atomic E-state index is 0.0490. The molecule has 120 valence electrons. The first kappa shape index (κ1) is 15.6. The second-order valence-electron chi connectivity index (χ2n) is 5.77. The largest absolute Gasteiger partial charge is 0.496 e. The highest BCUT2D eigenvalue weighted by Crippen LogP contribution is 2.28. The predicted molar refractivity (Wildman–Crippen MR) is 91.9 cm³/mol. The summed E-state index contributed by atoms with van der Waals surface area (Å²) in [5.74, 6) is 0.947. The number of anilines is 1. The number of fused-ring (bicyclic) bond motifs is 1. The molecule has 2 aromatic carbocycles. The Hall–Kier alpha value is -2.33. The Morgan fingerprint density at radius 3 is 2.78 bits per heavy atom. The average molecular weight is 310 g/mol. The molecule has 1 aliphatic rings. The van der Waals surface area contributed by atoms with E-state index >= 15 is 0 Å². The quantitative estimate of drug-likeness (QED) is 0.923. The summed E-state index contributed by atoms with van der Waals surface area (Å²) >= 11 is 0. The third-order valence-corrected chi connectivity index (χ3v) is 4.35. The monoisotopic (exact) mass is 310 g/mol. The first-order valence-electron chi connectivity index (χ1n) is 7.95. The highest BCUT2D eigenvalue weighted by Gasteiger charge is 2.24. The third kappa shape index (κ3) is 3.22. The number of nitrogens with one attached hydrogen (secondary N) is 1. The molecule has 0 spiro atoms. The topological polar surface area (TPSA) is 41.6 Å². The highest BCUT2D eigenvalue weighted by molar-refractivity contribution is 5.96. The molecule has 0 aromatic heterocycles. The number of carbonyl (C=O) groups excluding carboxylic acids is 1. The summed E-state index contributed by atoms with van der Waals surface area (Å²) < 4.78 is 5.38. The van der Waals surface area contributed by atoms with Crippen molar-refractivity contribution in [3.05, 3.63) is 59.7 Å². The molecule has 0 fully saturated rings. The lowest BCUT2D eigenvalue weighted by Crippen LogP contribution is -2.38. The fraction of sp³-hybridized carbons (Fsp3) is 0.316. The van der Waals surface area contributed by atoms with E-state index < -0.39 is 0 Å². The van der Waals surface area contributed by atoms with Gasteiger partial charge in [0.05, 0.1) is 13.7 Å². The van der Waals surface area contributed by atoms with Gasteiger partial charge in [-0.05, 0) is 31.0 Å². The van der Waals surface area contributed by atoms with Gasteiger partial charge in [-0.25, -0.2) is 0 Å². The molecule has 1 atom stereocenters. The fourth-order valence-electron chi connectivity index (χ4n) is 3.07. The number of hydrogen-bond acceptors (Lipinski definition) is 3. The first-order chi connectivity index (χ1) is 11.2. The smallest absolute Gasteiger partial charge is 0.240 e. The number of nitrogens with zero attached hydrogens (tertiary/aromatic N) is 1. The van der Waals surface area contributed by atoms with Crippen molar-refractivity contribution < 1.29 is 9.53 Å². The van der Waals surface area contributed by atoms with E-state index in [-0.39, 0.29) is 11.9 Å². The molecule has 2 aromatic rings. The second-order valence-corrected chi connectivity index (χ2v) is 5.77. The standard InChI is InChI=1S/C19H22N2O2/c1-14(16-8-4-6-10-18(16)23-2)20-13-19(22)21-12-11-15-7-3-5-9-17(15)21/h3-10,14,20H,11-13H2,1-2H3. The molecule has 1 amide bonds. The number of hydrogen-bond donors (Lipinski definition) is 1. The van der Waals surface area contributed by atoms with Gasteiger partial charge in [-0.15, -0.1) is 0 Å². The average Bonchev–Trinajstić information content (AvgIpc) is 3.03. The molecule has 23 heavy (non-hydrogen) atoms. The number of carbonyl (C=O) groups is 1. The lowest BCUT2D eigenvalue weighted by Gasteiger charge is -2.21. The molecule has 0 saturated carbocycles. The summed E-state index contributed by atoms with van der Waals surface area (Å²) in [7, 11) is 1.66. The Morgan fingerprint density at radius 1 is 1.22 bits per heavy atom. The predicted octanol–water partition coefficient (Wildman–Crippen LogP) is 2.94. The Morgan fingerprint density at radius 2 is 1.96 bits per heavy atom. The lowest BCUT2D eigenvalue weighted by atomic mass is 10.1. The minimum atomic E-state index is 0.0490. The van der Waals surface area contributed by atoms with E-state index in [4.69, 9.17) is 4.74 Å². The minimum Gasteiger partial charge on any atom is -0.496 e. The van der Waals surface area contributed by atoms with Crippen LogP contribution >= 0.6 is 0 Å². The molecule has 1 heterocycles. The molecule has 1 unspecified atom stereocenters. The van der Waals surface area contributed by atoms with E-state index in [1.54, 1.807) is 7.11 Å². The van der Waals surface area contributed by atoms with Gasteiger partial charge < -0.3 is 15.0 Å². The van der Waals surface area contributed by atoms with Crippen LogP contribution in [-0.2, 0) is 11.2 Å². The van der Waals surface area contributed by atoms with Crippen molar-refractivity contribution in [3.8, 4) is 5.75 Å². The van der Waals surface area contributed by atoms with Crippen molar-refractivity contribution in [2.75, 3.05) is 25.1 Å². The van der Waals surface area contributed by atoms with Gasteiger partial charge in [0.1, 0.15) is 5.75 Å². The Bertz CT molecular complexity index is 699. The van der Waals surface area contributed by atoms with Gasteiger partial charge in [0.25, 0.3) is 0 Å². The molecule has 1 N–H and O–H groups in total. The van der Waals surface area contributed by atoms with E-state index in [1.807, 2.05) is 54.3 Å². The van der Waals surface area contributed by atoms with Crippen LogP contribution in [0, 0.1) is 0 Å². The van der Waals surface area contributed by atoms with Crippen molar-refractivity contribution in [2.45, 2.75) is 19.4 Å². The zero-order valence-corrected chi connectivity index (χ0v) is 13.6. The molecule has 0 bridgehead atoms. The molecule has 0 saturated heterocycles. The maximum atomic E-state index is 12.5. The van der Waals surface area contributed by atoms with Crippen molar-refractivity contribution in [1.29, 1.82) is 0 Å². The fourth-order valence-corrected chi connectivity index (χ4v) is 3.07. The third-order valence-electron chi connectivity index (χ3n) is 4.35. The molecule has 0 aliphatic carbocycles. The summed E-state index contributed by atoms with van der Waals surface area (Å²) in [4.78, 5) is 14.4. The lowest BCUT2D eigenvalue weighted by molar-refractivity contribution is -0.117. The molecule has 4 nitrogen and oxygen atoms in total. The van der Waals surface area contributed by atoms with Crippen LogP contribution in [0.15, 0.2) is 48.5 Å². The highest BCUT2D eigenvalue weighted by atomic mass is 16.5. The van der Waals surface area contributed by atoms with Gasteiger partial charge in [0, 0.05) is 23.8 Å². The molecular formula is C19H22N2O2. The number of para-hydroxylation sites is 2. The summed E-state index contributed by atoms with van der Waals surface area (Å²) in [5.41, 5.74) is 3.35. The first-order valence-corrected chi connectivity index (χ1v) is 7.95. The summed E-state index contributed by atoms with van der Waals surface area (Å²) in [6.07, 6.45) is 0.934. The number of rotatable bonds is 5. The van der Waals surface area contributed by atoms with Crippen molar-refractivity contribution in [2.24, 2.45) is 0 Å². The van der Waals surface area contributed by atoms with Gasteiger partial charge in [0.2, 0.25) is 5.91 Å². The van der Waals surface area contributed by atoms with Crippen molar-refractivity contribution >= 4 is 11.6 Å². The van der Waals surface area contributed by atoms with E-state index in [1.165, 1.54) is 5.56 Å². The van der Waals surface area contributed by atoms with E-state index in [2.05, 4.69) is 11.4 Å². The van der Waals surface area contributed by atoms with Crippen LogP contribution in [0.2, 0.25) is 0 Å². The molecular weight excluding hydrogens is 288 g/mol. The van der Waals surface area contributed by atoms with Gasteiger partial charge in [0.15, 0.2) is 0 Å². The summed E-state index contributed by atoms with van der Waals surface area (Å²) in [6, 6.07) is 16.0. The zero-order valence-electron chi connectivity index (χ0n) is 13.6. The van der Waals surface area contributed by atoms with E-state index in [0.717, 1.165) is 30.0 Å². The van der Waals surface area contributed by atoms with Gasteiger partial charge in [-0.2, -0.15) is 0 Å². The normalized spacial score (nSPS) is 14.4. The van der Waals surface area contributed by atoms with Gasteiger partial charge >= 0.3 is 0 Å². The van der Waals surface area contributed by atoms with Crippen LogP contribution in [0.25, 0.3) is 0 Å². The Labute approximate surface area is 137 Å². The molecule has 3 rings (SSSR count). The number of benzene rings is 2. The van der Waals surface area contributed by atoms with Crippen LogP contribution in [0.4, 0.5) is 5.69 Å². The SMILES string of the molecule is COc1ccccc1C(C)NCC(=O)N1CCc2ccccc21. The van der Waals surface area contributed by atoms with Crippen LogP contribution in [0.5, 0.6) is 5.75 Å². The van der Waals surface area contributed by atoms with Crippen LogP contribution < -0.4 is 15.0 Å². The van der Waals surface area contributed by atoms with Crippen LogP contribution in [0.1, 0.15) is 24.1 Å². The maximum absolute atomic E-state index is 12.5. The van der Waals surface area contributed by atoms with Crippen molar-refractivity contribution in [3.63, 3.8) is 0 Å².